The van der Waals surface area contributed by atoms with Crippen molar-refractivity contribution in [2.75, 3.05) is 7.11 Å². The molecule has 0 heterocycles. The lowest BCUT2D eigenvalue weighted by Gasteiger charge is -2.03. The van der Waals surface area contributed by atoms with Gasteiger partial charge < -0.3 is 9.84 Å². The summed E-state index contributed by atoms with van der Waals surface area (Å²) in [6, 6.07) is 11.3. The number of phenolic OH excluding ortho intramolecular Hbond substituents is 1. The van der Waals surface area contributed by atoms with Crippen molar-refractivity contribution in [2.24, 2.45) is 5.10 Å². The largest absolute Gasteiger partial charge is 0.504 e. The molecule has 2 rings (SSSR count). The van der Waals surface area contributed by atoms with E-state index in [9.17, 15) is 9.90 Å². The summed E-state index contributed by atoms with van der Waals surface area (Å²) in [6.07, 6.45) is 1.42. The normalized spacial score (nSPS) is 10.6. The van der Waals surface area contributed by atoms with Gasteiger partial charge in [-0.1, -0.05) is 17.7 Å². The maximum absolute atomic E-state index is 11.8. The number of carbonyl (C=O) groups is 1. The van der Waals surface area contributed by atoms with Crippen LogP contribution in [0.4, 0.5) is 0 Å². The van der Waals surface area contributed by atoms with Gasteiger partial charge in [0.1, 0.15) is 0 Å². The first kappa shape index (κ1) is 14.9. The number of amides is 1. The molecule has 0 aliphatic heterocycles. The zero-order valence-corrected chi connectivity index (χ0v) is 12.0. The molecule has 2 aromatic carbocycles. The number of phenols is 1. The average Bonchev–Trinajstić information content (AvgIpc) is 2.47. The summed E-state index contributed by atoms with van der Waals surface area (Å²) in [5, 5.41) is 13.9. The maximum atomic E-state index is 11.8. The number of aromatic hydroxyl groups is 1. The van der Waals surface area contributed by atoms with Gasteiger partial charge in [0.2, 0.25) is 0 Å². The molecule has 2 N–H and O–H groups in total. The molecule has 0 bridgehead atoms. The van der Waals surface area contributed by atoms with E-state index in [1.807, 2.05) is 0 Å². The Kier molecular flexibility index (Phi) is 4.79. The Morgan fingerprint density at radius 2 is 2.14 bits per heavy atom. The molecule has 0 aromatic heterocycles. The van der Waals surface area contributed by atoms with Gasteiger partial charge in [0, 0.05) is 10.6 Å². The van der Waals surface area contributed by atoms with E-state index in [2.05, 4.69) is 10.5 Å². The Hall–Kier alpha value is -2.53. The Morgan fingerprint density at radius 1 is 1.33 bits per heavy atom. The minimum atomic E-state index is -0.369. The van der Waals surface area contributed by atoms with Crippen molar-refractivity contribution in [3.05, 3.63) is 58.6 Å². The second-order valence-corrected chi connectivity index (χ2v) is 4.58. The molecule has 0 fully saturated rings. The Balaban J connectivity index is 2.02. The minimum Gasteiger partial charge on any atom is -0.504 e. The first-order valence-electron chi connectivity index (χ1n) is 6.06. The molecule has 108 valence electrons. The molecular weight excluding hydrogens is 292 g/mol. The van der Waals surface area contributed by atoms with Crippen LogP contribution in [0.5, 0.6) is 11.5 Å². The molecule has 5 nitrogen and oxygen atoms in total. The van der Waals surface area contributed by atoms with Gasteiger partial charge in [0.05, 0.1) is 13.3 Å². The van der Waals surface area contributed by atoms with Crippen LogP contribution in [0.15, 0.2) is 47.6 Å². The van der Waals surface area contributed by atoms with E-state index in [4.69, 9.17) is 16.3 Å². The fourth-order valence-electron chi connectivity index (χ4n) is 1.65. The topological polar surface area (TPSA) is 70.9 Å². The second-order valence-electron chi connectivity index (χ2n) is 4.14. The fourth-order valence-corrected chi connectivity index (χ4v) is 1.84. The van der Waals surface area contributed by atoms with Crippen molar-refractivity contribution in [1.82, 2.24) is 5.43 Å². The van der Waals surface area contributed by atoms with Gasteiger partial charge in [-0.25, -0.2) is 5.43 Å². The summed E-state index contributed by atoms with van der Waals surface area (Å²) >= 11 is 5.81. The van der Waals surface area contributed by atoms with E-state index in [1.165, 1.54) is 19.4 Å². The van der Waals surface area contributed by atoms with Crippen molar-refractivity contribution in [3.63, 3.8) is 0 Å². The van der Waals surface area contributed by atoms with Crippen LogP contribution >= 0.6 is 11.6 Å². The lowest BCUT2D eigenvalue weighted by atomic mass is 10.2. The molecule has 21 heavy (non-hydrogen) atoms. The number of methoxy groups -OCH3 is 1. The van der Waals surface area contributed by atoms with Crippen molar-refractivity contribution < 1.29 is 14.6 Å². The monoisotopic (exact) mass is 304 g/mol. The molecule has 6 heteroatoms. The van der Waals surface area contributed by atoms with Crippen molar-refractivity contribution >= 4 is 23.7 Å². The summed E-state index contributed by atoms with van der Waals surface area (Å²) in [6.45, 7) is 0. The van der Waals surface area contributed by atoms with Crippen molar-refractivity contribution in [2.45, 2.75) is 0 Å². The Labute approximate surface area is 126 Å². The summed E-state index contributed by atoms with van der Waals surface area (Å²) in [5.74, 6) is 0.00390. The maximum Gasteiger partial charge on any atom is 0.271 e. The van der Waals surface area contributed by atoms with Crippen molar-refractivity contribution in [3.8, 4) is 11.5 Å². The number of benzene rings is 2. The number of nitrogens with zero attached hydrogens (tertiary/aromatic N) is 1. The average molecular weight is 305 g/mol. The number of carbonyl (C=O) groups excluding carboxylic acids is 1. The summed E-state index contributed by atoms with van der Waals surface area (Å²) in [7, 11) is 1.47. The first-order chi connectivity index (χ1) is 10.1. The van der Waals surface area contributed by atoms with Crippen LogP contribution in [0.2, 0.25) is 5.02 Å². The van der Waals surface area contributed by atoms with Crippen LogP contribution in [0.3, 0.4) is 0 Å². The number of ether oxygens (including phenoxy) is 1. The van der Waals surface area contributed by atoms with Crippen LogP contribution in [-0.2, 0) is 0 Å². The van der Waals surface area contributed by atoms with Gasteiger partial charge in [-0.2, -0.15) is 5.10 Å². The van der Waals surface area contributed by atoms with E-state index < -0.39 is 0 Å². The molecule has 2 aromatic rings. The highest BCUT2D eigenvalue weighted by Gasteiger charge is 2.04. The number of nitrogens with one attached hydrogen (secondary N) is 1. The van der Waals surface area contributed by atoms with Gasteiger partial charge in [-0.05, 0) is 42.0 Å². The number of halogens is 1. The summed E-state index contributed by atoms with van der Waals surface area (Å²) < 4.78 is 4.93. The number of hydrogen-bond donors (Lipinski definition) is 2. The molecule has 0 saturated carbocycles. The van der Waals surface area contributed by atoms with Crippen LogP contribution in [0, 0.1) is 0 Å². The molecule has 1 amide bonds. The molecule has 0 spiro atoms. The third-order valence-corrected chi connectivity index (χ3v) is 2.90. The Morgan fingerprint density at radius 3 is 2.81 bits per heavy atom. The standard InChI is InChI=1S/C15H13ClN2O3/c1-21-14-6-5-10(7-13(14)19)9-17-18-15(20)11-3-2-4-12(16)8-11/h2-9,19H,1H3,(H,18,20)/b17-9+. The number of rotatable bonds is 4. The number of hydrogen-bond acceptors (Lipinski definition) is 4. The van der Waals surface area contributed by atoms with Crippen molar-refractivity contribution in [1.29, 1.82) is 0 Å². The minimum absolute atomic E-state index is 0.00242. The molecule has 0 aliphatic rings. The Bertz CT molecular complexity index is 686. The highest BCUT2D eigenvalue weighted by Crippen LogP contribution is 2.25. The summed E-state index contributed by atoms with van der Waals surface area (Å²) in [4.78, 5) is 11.8. The van der Waals surface area contributed by atoms with Gasteiger partial charge in [-0.15, -0.1) is 0 Å². The van der Waals surface area contributed by atoms with Crippen LogP contribution in [-0.4, -0.2) is 24.3 Å². The van der Waals surface area contributed by atoms with E-state index >= 15 is 0 Å². The van der Waals surface area contributed by atoms with E-state index in [0.717, 1.165) is 0 Å². The highest BCUT2D eigenvalue weighted by molar-refractivity contribution is 6.30. The fraction of sp³-hybridized carbons (Fsp3) is 0.0667. The number of hydrazone groups is 1. The molecule has 0 unspecified atom stereocenters. The second kappa shape index (κ2) is 6.76. The quantitative estimate of drug-likeness (QED) is 0.674. The molecule has 0 atom stereocenters. The molecule has 0 aliphatic carbocycles. The zero-order valence-electron chi connectivity index (χ0n) is 11.2. The van der Waals surface area contributed by atoms with Gasteiger partial charge in [-0.3, -0.25) is 4.79 Å². The highest BCUT2D eigenvalue weighted by atomic mass is 35.5. The lowest BCUT2D eigenvalue weighted by molar-refractivity contribution is 0.0955. The zero-order chi connectivity index (χ0) is 15.2. The molecule has 0 radical (unpaired) electrons. The third-order valence-electron chi connectivity index (χ3n) is 2.67. The predicted octanol–water partition coefficient (Wildman–Crippen LogP) is 2.82. The van der Waals surface area contributed by atoms with Gasteiger partial charge >= 0.3 is 0 Å². The van der Waals surface area contributed by atoms with E-state index in [1.54, 1.807) is 36.4 Å². The van der Waals surface area contributed by atoms with Crippen LogP contribution in [0.1, 0.15) is 15.9 Å². The van der Waals surface area contributed by atoms with Gasteiger partial charge in [0.25, 0.3) is 5.91 Å². The SMILES string of the molecule is COc1ccc(/C=N/NC(=O)c2cccc(Cl)c2)cc1O. The van der Waals surface area contributed by atoms with Gasteiger partial charge in [0.15, 0.2) is 11.5 Å². The summed E-state index contributed by atoms with van der Waals surface area (Å²) in [5.41, 5.74) is 3.42. The van der Waals surface area contributed by atoms with Crippen LogP contribution in [0.25, 0.3) is 0 Å². The van der Waals surface area contributed by atoms with E-state index in [-0.39, 0.29) is 11.7 Å². The third kappa shape index (κ3) is 3.97. The molecule has 0 saturated heterocycles. The first-order valence-corrected chi connectivity index (χ1v) is 6.44. The smallest absolute Gasteiger partial charge is 0.271 e. The lowest BCUT2D eigenvalue weighted by Crippen LogP contribution is -2.17. The van der Waals surface area contributed by atoms with E-state index in [0.29, 0.717) is 21.9 Å². The molecular formula is C15H13ClN2O3. The predicted molar refractivity (Wildman–Crippen MR) is 81.2 cm³/mol. The van der Waals surface area contributed by atoms with Crippen LogP contribution < -0.4 is 10.2 Å².